The maximum Gasteiger partial charge on any atom is 0.295 e. The van der Waals surface area contributed by atoms with E-state index in [1.807, 2.05) is 51.1 Å². The van der Waals surface area contributed by atoms with E-state index in [-0.39, 0.29) is 30.4 Å². The Kier molecular flexibility index (Phi) is 9.15. The van der Waals surface area contributed by atoms with Crippen molar-refractivity contribution in [2.45, 2.75) is 46.6 Å². The van der Waals surface area contributed by atoms with Gasteiger partial charge in [0.25, 0.3) is 11.7 Å². The summed E-state index contributed by atoms with van der Waals surface area (Å²) >= 11 is 0. The number of aliphatic hydroxyl groups is 1. The topological polar surface area (TPSA) is 85.3 Å². The van der Waals surface area contributed by atoms with E-state index in [0.717, 1.165) is 11.3 Å². The molecule has 1 heterocycles. The number of rotatable bonds is 11. The molecule has 0 saturated carbocycles. The Bertz CT molecular complexity index is 1100. The lowest BCUT2D eigenvalue weighted by atomic mass is 9.93. The molecule has 1 saturated heterocycles. The third-order valence-electron chi connectivity index (χ3n) is 6.06. The normalized spacial score (nSPS) is 17.3. The van der Waals surface area contributed by atoms with Crippen molar-refractivity contribution in [1.29, 1.82) is 0 Å². The number of benzene rings is 2. The van der Waals surface area contributed by atoms with Gasteiger partial charge in [-0.2, -0.15) is 0 Å². The number of carbonyl (C=O) groups excluding carboxylic acids is 2. The first kappa shape index (κ1) is 27.3. The van der Waals surface area contributed by atoms with Gasteiger partial charge in [0.1, 0.15) is 17.3 Å². The predicted molar refractivity (Wildman–Crippen MR) is 139 cm³/mol. The zero-order chi connectivity index (χ0) is 26.4. The van der Waals surface area contributed by atoms with Gasteiger partial charge in [-0.1, -0.05) is 39.8 Å². The number of hydrogen-bond acceptors (Lipinski definition) is 6. The minimum atomic E-state index is -0.742. The van der Waals surface area contributed by atoms with Crippen molar-refractivity contribution in [1.82, 2.24) is 4.90 Å². The summed E-state index contributed by atoms with van der Waals surface area (Å²) in [6.07, 6.45) is 0. The average Bonchev–Trinajstić information content (AvgIpc) is 3.11. The van der Waals surface area contributed by atoms with Gasteiger partial charge < -0.3 is 24.2 Å². The van der Waals surface area contributed by atoms with Crippen molar-refractivity contribution in [2.75, 3.05) is 33.5 Å². The van der Waals surface area contributed by atoms with E-state index in [4.69, 9.17) is 14.2 Å². The molecule has 1 amide bonds. The molecule has 194 valence electrons. The van der Waals surface area contributed by atoms with Gasteiger partial charge in [-0.15, -0.1) is 0 Å². The van der Waals surface area contributed by atoms with Crippen molar-refractivity contribution in [2.24, 2.45) is 5.92 Å². The molecule has 2 aromatic rings. The minimum Gasteiger partial charge on any atom is -0.507 e. The highest BCUT2D eigenvalue weighted by molar-refractivity contribution is 6.46. The first-order valence-corrected chi connectivity index (χ1v) is 12.5. The van der Waals surface area contributed by atoms with Crippen LogP contribution in [0.4, 0.5) is 0 Å². The Labute approximate surface area is 213 Å². The molecule has 0 bridgehead atoms. The van der Waals surface area contributed by atoms with E-state index < -0.39 is 17.7 Å². The molecule has 1 fully saturated rings. The summed E-state index contributed by atoms with van der Waals surface area (Å²) in [7, 11) is 1.54. The third-order valence-corrected chi connectivity index (χ3v) is 6.06. The molecule has 0 aromatic heterocycles. The second-order valence-electron chi connectivity index (χ2n) is 9.60. The monoisotopic (exact) mass is 495 g/mol. The van der Waals surface area contributed by atoms with Gasteiger partial charge in [0.05, 0.1) is 31.4 Å². The van der Waals surface area contributed by atoms with Crippen LogP contribution in [0.1, 0.15) is 63.3 Å². The van der Waals surface area contributed by atoms with Gasteiger partial charge in [-0.05, 0) is 60.2 Å². The second-order valence-corrected chi connectivity index (χ2v) is 9.60. The van der Waals surface area contributed by atoms with Crippen LogP contribution in [0.15, 0.2) is 48.0 Å². The van der Waals surface area contributed by atoms with Crippen LogP contribution in [0.5, 0.6) is 11.5 Å². The second kappa shape index (κ2) is 12.1. The number of methoxy groups -OCH3 is 1. The van der Waals surface area contributed by atoms with E-state index in [9.17, 15) is 14.7 Å². The average molecular weight is 496 g/mol. The van der Waals surface area contributed by atoms with Crippen molar-refractivity contribution >= 4 is 17.4 Å². The van der Waals surface area contributed by atoms with Crippen LogP contribution >= 0.6 is 0 Å². The van der Waals surface area contributed by atoms with Gasteiger partial charge in [0, 0.05) is 19.2 Å². The van der Waals surface area contributed by atoms with Crippen LogP contribution in [-0.2, 0) is 14.3 Å². The molecule has 7 heteroatoms. The Balaban J connectivity index is 2.09. The number of ether oxygens (including phenoxy) is 3. The zero-order valence-electron chi connectivity index (χ0n) is 22.0. The number of amides is 1. The molecule has 1 aliphatic rings. The zero-order valence-corrected chi connectivity index (χ0v) is 22.0. The summed E-state index contributed by atoms with van der Waals surface area (Å²) in [5.41, 5.74) is 2.15. The number of Topliss-reactive ketones (excluding diaryl/α,β-unsaturated/α-hetero) is 1. The Morgan fingerprint density at radius 2 is 1.72 bits per heavy atom. The predicted octanol–water partition coefficient (Wildman–Crippen LogP) is 5.31. The van der Waals surface area contributed by atoms with Crippen molar-refractivity contribution in [3.05, 3.63) is 64.7 Å². The number of aliphatic hydroxyl groups excluding tert-OH is 1. The molecule has 1 N–H and O–H groups in total. The molecule has 1 atom stereocenters. The lowest BCUT2D eigenvalue weighted by molar-refractivity contribution is -0.140. The molecule has 1 unspecified atom stereocenters. The van der Waals surface area contributed by atoms with E-state index in [0.29, 0.717) is 36.0 Å². The summed E-state index contributed by atoms with van der Waals surface area (Å²) in [6.45, 7) is 11.7. The maximum absolute atomic E-state index is 13.2. The quantitative estimate of drug-likeness (QED) is 0.258. The molecule has 3 rings (SSSR count). The Hall–Kier alpha value is -3.32. The van der Waals surface area contributed by atoms with E-state index in [1.165, 1.54) is 4.90 Å². The number of nitrogens with zero attached hydrogens (tertiary/aromatic N) is 1. The fraction of sp³-hybridized carbons (Fsp3) is 0.448. The van der Waals surface area contributed by atoms with Crippen molar-refractivity contribution in [3.8, 4) is 11.5 Å². The van der Waals surface area contributed by atoms with E-state index >= 15 is 0 Å². The molecule has 1 aliphatic heterocycles. The van der Waals surface area contributed by atoms with Gasteiger partial charge >= 0.3 is 0 Å². The van der Waals surface area contributed by atoms with Crippen LogP contribution in [0.2, 0.25) is 0 Å². The summed E-state index contributed by atoms with van der Waals surface area (Å²) in [6, 6.07) is 11.9. The largest absolute Gasteiger partial charge is 0.507 e. The van der Waals surface area contributed by atoms with Crippen molar-refractivity contribution in [3.63, 3.8) is 0 Å². The molecule has 7 nitrogen and oxygen atoms in total. The highest BCUT2D eigenvalue weighted by Gasteiger charge is 2.45. The molecule has 0 radical (unpaired) electrons. The number of carbonyl (C=O) groups is 2. The molecule has 36 heavy (non-hydrogen) atoms. The Morgan fingerprint density at radius 1 is 1.03 bits per heavy atom. The standard InChI is InChI=1S/C29H37NO6/c1-7-35-24-13-10-21(16-23(24)19(4)5)27(31)25-26(30(14-15-34-6)29(33)28(25)32)20-8-11-22(12-9-20)36-17-18(2)3/h8-13,16,18-19,26,31H,7,14-15,17H2,1-6H3/b27-25-. The van der Waals surface area contributed by atoms with Gasteiger partial charge in [0.2, 0.25) is 0 Å². The van der Waals surface area contributed by atoms with Crippen molar-refractivity contribution < 1.29 is 28.9 Å². The number of likely N-dealkylation sites (tertiary alicyclic amines) is 1. The first-order chi connectivity index (χ1) is 17.2. The summed E-state index contributed by atoms with van der Waals surface area (Å²) < 4.78 is 16.7. The molecular formula is C29H37NO6. The van der Waals surface area contributed by atoms with Crippen LogP contribution in [0, 0.1) is 5.92 Å². The van der Waals surface area contributed by atoms with Crippen LogP contribution in [0.25, 0.3) is 5.76 Å². The minimum absolute atomic E-state index is 0.0609. The number of hydrogen-bond donors (Lipinski definition) is 1. The van der Waals surface area contributed by atoms with E-state index in [2.05, 4.69) is 13.8 Å². The van der Waals surface area contributed by atoms with Crippen LogP contribution < -0.4 is 9.47 Å². The van der Waals surface area contributed by atoms with Gasteiger partial charge in [0.15, 0.2) is 0 Å². The molecule has 0 spiro atoms. The lowest BCUT2D eigenvalue weighted by Gasteiger charge is -2.25. The Morgan fingerprint density at radius 3 is 2.31 bits per heavy atom. The lowest BCUT2D eigenvalue weighted by Crippen LogP contribution is -2.32. The van der Waals surface area contributed by atoms with Gasteiger partial charge in [-0.3, -0.25) is 9.59 Å². The molecular weight excluding hydrogens is 458 g/mol. The van der Waals surface area contributed by atoms with E-state index in [1.54, 1.807) is 19.2 Å². The SMILES string of the molecule is CCOc1ccc(/C(O)=C2/C(=O)C(=O)N(CCOC)C2c2ccc(OCC(C)C)cc2)cc1C(C)C. The fourth-order valence-corrected chi connectivity index (χ4v) is 4.25. The summed E-state index contributed by atoms with van der Waals surface area (Å²) in [5, 5.41) is 11.4. The smallest absolute Gasteiger partial charge is 0.295 e. The summed E-state index contributed by atoms with van der Waals surface area (Å²) in [5.74, 6) is 0.381. The fourth-order valence-electron chi connectivity index (χ4n) is 4.25. The summed E-state index contributed by atoms with van der Waals surface area (Å²) in [4.78, 5) is 27.7. The molecule has 0 aliphatic carbocycles. The maximum atomic E-state index is 13.2. The first-order valence-electron chi connectivity index (χ1n) is 12.5. The number of ketones is 1. The highest BCUT2D eigenvalue weighted by atomic mass is 16.5. The molecule has 2 aromatic carbocycles. The van der Waals surface area contributed by atoms with Gasteiger partial charge in [-0.25, -0.2) is 0 Å². The van der Waals surface area contributed by atoms with Crippen LogP contribution in [-0.4, -0.2) is 55.2 Å². The third kappa shape index (κ3) is 5.90. The highest BCUT2D eigenvalue weighted by Crippen LogP contribution is 2.40. The van der Waals surface area contributed by atoms with Crippen LogP contribution in [0.3, 0.4) is 0 Å².